The molecule has 0 aromatic heterocycles. The Morgan fingerprint density at radius 1 is 0.667 bits per heavy atom. The van der Waals surface area contributed by atoms with Crippen LogP contribution in [0.15, 0.2) is 68.6 Å². The lowest BCUT2D eigenvalue weighted by molar-refractivity contribution is 0.473. The number of para-hydroxylation sites is 2. The fourth-order valence-electron chi connectivity index (χ4n) is 2.38. The van der Waals surface area contributed by atoms with Crippen LogP contribution in [0, 0.1) is 0 Å². The molecule has 0 amide bonds. The van der Waals surface area contributed by atoms with E-state index in [0.29, 0.717) is 0 Å². The number of nitrogens with one attached hydrogen (secondary N) is 2. The maximum absolute atomic E-state index is 9.86. The van der Waals surface area contributed by atoms with E-state index in [-0.39, 0.29) is 11.5 Å². The summed E-state index contributed by atoms with van der Waals surface area (Å²) in [4.78, 5) is 0. The van der Waals surface area contributed by atoms with Crippen LogP contribution in [0.1, 0.15) is 11.1 Å². The zero-order chi connectivity index (χ0) is 16.5. The highest BCUT2D eigenvalue weighted by Crippen LogP contribution is 2.46. The van der Waals surface area contributed by atoms with Gasteiger partial charge in [-0.3, -0.25) is 0 Å². The zero-order valence-corrected chi connectivity index (χ0v) is 14.1. The molecule has 4 nitrogen and oxygen atoms in total. The number of hydrogen-bond acceptors (Lipinski definition) is 6. The Morgan fingerprint density at radius 2 is 1.08 bits per heavy atom. The molecule has 4 rings (SSSR count). The highest BCUT2D eigenvalue weighted by Gasteiger charge is 2.27. The number of phenolic OH excluding ortho intramolecular Hbond substituents is 2. The Labute approximate surface area is 148 Å². The van der Waals surface area contributed by atoms with E-state index in [1.54, 1.807) is 47.8 Å². The van der Waals surface area contributed by atoms with Crippen molar-refractivity contribution < 1.29 is 10.2 Å². The van der Waals surface area contributed by atoms with Crippen LogP contribution in [-0.2, 0) is 0 Å². The van der Waals surface area contributed by atoms with Gasteiger partial charge in [0.15, 0.2) is 0 Å². The normalized spacial score (nSPS) is 19.5. The maximum atomic E-state index is 9.86. The van der Waals surface area contributed by atoms with Crippen molar-refractivity contribution in [1.29, 1.82) is 0 Å². The molecule has 0 fully saturated rings. The topological polar surface area (TPSA) is 64.5 Å². The van der Waals surface area contributed by atoms with Crippen molar-refractivity contribution in [1.82, 2.24) is 10.6 Å². The molecule has 2 aromatic rings. The Kier molecular flexibility index (Phi) is 3.92. The van der Waals surface area contributed by atoms with Crippen molar-refractivity contribution in [3.63, 3.8) is 0 Å². The van der Waals surface area contributed by atoms with E-state index < -0.39 is 0 Å². The summed E-state index contributed by atoms with van der Waals surface area (Å²) >= 11 is 3.17. The van der Waals surface area contributed by atoms with Gasteiger partial charge < -0.3 is 20.8 Å². The molecule has 0 bridgehead atoms. The van der Waals surface area contributed by atoms with E-state index in [1.165, 1.54) is 0 Å². The minimum Gasteiger partial charge on any atom is -0.507 e. The van der Waals surface area contributed by atoms with Gasteiger partial charge in [0.1, 0.15) is 21.6 Å². The summed E-state index contributed by atoms with van der Waals surface area (Å²) in [5, 5.41) is 30.4. The summed E-state index contributed by atoms with van der Waals surface area (Å²) in [6.45, 7) is 0. The van der Waals surface area contributed by atoms with Crippen LogP contribution >= 0.6 is 23.5 Å². The van der Waals surface area contributed by atoms with Gasteiger partial charge in [-0.25, -0.2) is 0 Å². The Balaban J connectivity index is 1.48. The van der Waals surface area contributed by atoms with Gasteiger partial charge in [-0.1, -0.05) is 59.9 Å². The van der Waals surface area contributed by atoms with Crippen LogP contribution in [-0.4, -0.2) is 10.2 Å². The second-order valence-corrected chi connectivity index (χ2v) is 7.35. The first kappa shape index (κ1) is 15.1. The van der Waals surface area contributed by atoms with Gasteiger partial charge in [0, 0.05) is 11.1 Å². The summed E-state index contributed by atoms with van der Waals surface area (Å²) in [7, 11) is 0. The molecule has 0 saturated heterocycles. The van der Waals surface area contributed by atoms with Crippen molar-refractivity contribution >= 4 is 35.7 Å². The molecule has 2 aliphatic heterocycles. The largest absolute Gasteiger partial charge is 0.507 e. The molecule has 0 saturated carbocycles. The van der Waals surface area contributed by atoms with Crippen molar-refractivity contribution in [3.05, 3.63) is 79.8 Å². The molecule has 2 aliphatic rings. The summed E-state index contributed by atoms with van der Waals surface area (Å²) in [5.41, 5.74) is 1.56. The van der Waals surface area contributed by atoms with Gasteiger partial charge >= 0.3 is 0 Å². The first-order valence-corrected chi connectivity index (χ1v) is 8.96. The molecule has 0 unspecified atom stereocenters. The quantitative estimate of drug-likeness (QED) is 0.648. The standard InChI is InChI=1S/C18H14N2O2S2/c21-13-7-3-1-5-11(13)9-15-19-17-18(23-15)20-16(24-17)10-12-6-2-4-8-14(12)22/h1-10,19-22H. The lowest BCUT2D eigenvalue weighted by Gasteiger charge is -2.07. The number of phenols is 2. The predicted molar refractivity (Wildman–Crippen MR) is 101 cm³/mol. The van der Waals surface area contributed by atoms with Gasteiger partial charge in [0.05, 0.1) is 10.1 Å². The summed E-state index contributed by atoms with van der Waals surface area (Å²) in [5.74, 6) is 0.528. The minimum atomic E-state index is 0.264. The van der Waals surface area contributed by atoms with Crippen LogP contribution in [0.4, 0.5) is 0 Å². The lowest BCUT2D eigenvalue weighted by atomic mass is 10.2. The Morgan fingerprint density at radius 3 is 1.50 bits per heavy atom. The third kappa shape index (κ3) is 2.98. The van der Waals surface area contributed by atoms with Crippen LogP contribution in [0.3, 0.4) is 0 Å². The molecular formula is C18H14N2O2S2. The molecule has 0 spiro atoms. The van der Waals surface area contributed by atoms with Crippen LogP contribution in [0.5, 0.6) is 11.5 Å². The predicted octanol–water partition coefficient (Wildman–Crippen LogP) is 4.19. The highest BCUT2D eigenvalue weighted by atomic mass is 32.2. The second kappa shape index (κ2) is 6.22. The Bertz CT molecular complexity index is 810. The minimum absolute atomic E-state index is 0.264. The monoisotopic (exact) mass is 354 g/mol. The van der Waals surface area contributed by atoms with E-state index in [0.717, 1.165) is 31.2 Å². The average Bonchev–Trinajstić information content (AvgIpc) is 3.10. The molecule has 120 valence electrons. The maximum Gasteiger partial charge on any atom is 0.122 e. The number of aromatic hydroxyl groups is 2. The highest BCUT2D eigenvalue weighted by molar-refractivity contribution is 8.12. The van der Waals surface area contributed by atoms with E-state index in [1.807, 2.05) is 36.4 Å². The molecule has 2 heterocycles. The second-order valence-electron chi connectivity index (χ2n) is 5.25. The molecule has 4 N–H and O–H groups in total. The van der Waals surface area contributed by atoms with Crippen molar-refractivity contribution in [2.75, 3.05) is 0 Å². The summed E-state index contributed by atoms with van der Waals surface area (Å²) in [6.07, 6.45) is 3.85. The number of rotatable bonds is 2. The Hall–Kier alpha value is -2.44. The van der Waals surface area contributed by atoms with Gasteiger partial charge in [-0.15, -0.1) is 0 Å². The molecule has 24 heavy (non-hydrogen) atoms. The van der Waals surface area contributed by atoms with Crippen LogP contribution < -0.4 is 10.6 Å². The van der Waals surface area contributed by atoms with Crippen LogP contribution in [0.2, 0.25) is 0 Å². The number of hydrogen-bond donors (Lipinski definition) is 4. The first-order valence-electron chi connectivity index (χ1n) is 7.32. The van der Waals surface area contributed by atoms with Crippen LogP contribution in [0.25, 0.3) is 12.2 Å². The summed E-state index contributed by atoms with van der Waals surface area (Å²) < 4.78 is 0. The molecule has 2 aromatic carbocycles. The van der Waals surface area contributed by atoms with E-state index >= 15 is 0 Å². The van der Waals surface area contributed by atoms with Crippen molar-refractivity contribution in [3.8, 4) is 11.5 Å². The molecule has 0 aliphatic carbocycles. The van der Waals surface area contributed by atoms with Gasteiger partial charge in [0.2, 0.25) is 0 Å². The third-order valence-electron chi connectivity index (χ3n) is 3.55. The third-order valence-corrected chi connectivity index (χ3v) is 5.58. The fourth-order valence-corrected chi connectivity index (χ4v) is 4.49. The van der Waals surface area contributed by atoms with Gasteiger partial charge in [-0.2, -0.15) is 0 Å². The first-order chi connectivity index (χ1) is 11.7. The molecule has 0 atom stereocenters. The number of thioether (sulfide) groups is 2. The van der Waals surface area contributed by atoms with Gasteiger partial charge in [-0.05, 0) is 24.3 Å². The van der Waals surface area contributed by atoms with Crippen molar-refractivity contribution in [2.45, 2.75) is 0 Å². The van der Waals surface area contributed by atoms with E-state index in [4.69, 9.17) is 0 Å². The molecule has 0 radical (unpaired) electrons. The molecular weight excluding hydrogens is 340 g/mol. The SMILES string of the molecule is Oc1ccccc1C=C1NC2=C(NC(=Cc3ccccc3O)S2)S1. The smallest absolute Gasteiger partial charge is 0.122 e. The van der Waals surface area contributed by atoms with Crippen molar-refractivity contribution in [2.24, 2.45) is 0 Å². The molecule has 6 heteroatoms. The van der Waals surface area contributed by atoms with E-state index in [2.05, 4.69) is 10.6 Å². The zero-order valence-electron chi connectivity index (χ0n) is 12.5. The van der Waals surface area contributed by atoms with Gasteiger partial charge in [0.25, 0.3) is 0 Å². The summed E-state index contributed by atoms with van der Waals surface area (Å²) in [6, 6.07) is 14.5. The lowest BCUT2D eigenvalue weighted by Crippen LogP contribution is -2.03. The average molecular weight is 354 g/mol. The fraction of sp³-hybridized carbons (Fsp3) is 0. The number of benzene rings is 2. The van der Waals surface area contributed by atoms with E-state index in [9.17, 15) is 10.2 Å².